The Morgan fingerprint density at radius 2 is 1.44 bits per heavy atom. The summed E-state index contributed by atoms with van der Waals surface area (Å²) in [6, 6.07) is 9.80. The highest BCUT2D eigenvalue weighted by molar-refractivity contribution is 6.43. The molecule has 0 unspecified atom stereocenters. The predicted molar refractivity (Wildman–Crippen MR) is 65.2 cm³/mol. The van der Waals surface area contributed by atoms with Gasteiger partial charge in [0.25, 0.3) is 0 Å². The second kappa shape index (κ2) is 4.24. The highest BCUT2D eigenvalue weighted by Crippen LogP contribution is 2.41. The SMILES string of the molecule is Oc1cccc(-c2cccc(Cl)c2Cl)c1O. The van der Waals surface area contributed by atoms with Crippen molar-refractivity contribution in [1.82, 2.24) is 0 Å². The molecule has 2 N–H and O–H groups in total. The van der Waals surface area contributed by atoms with Crippen molar-refractivity contribution in [2.75, 3.05) is 0 Å². The lowest BCUT2D eigenvalue weighted by molar-refractivity contribution is 0.405. The maximum Gasteiger partial charge on any atom is 0.165 e. The number of para-hydroxylation sites is 1. The van der Waals surface area contributed by atoms with E-state index in [1.807, 2.05) is 0 Å². The van der Waals surface area contributed by atoms with Crippen LogP contribution in [0.25, 0.3) is 11.1 Å². The number of halogens is 2. The van der Waals surface area contributed by atoms with E-state index in [0.717, 1.165) is 0 Å². The minimum Gasteiger partial charge on any atom is -0.504 e. The number of aromatic hydroxyl groups is 2. The lowest BCUT2D eigenvalue weighted by Crippen LogP contribution is -1.82. The van der Waals surface area contributed by atoms with Gasteiger partial charge in [0.05, 0.1) is 10.0 Å². The van der Waals surface area contributed by atoms with E-state index >= 15 is 0 Å². The van der Waals surface area contributed by atoms with Gasteiger partial charge in [0.1, 0.15) is 0 Å². The zero-order valence-electron chi connectivity index (χ0n) is 8.11. The summed E-state index contributed by atoms with van der Waals surface area (Å²) in [4.78, 5) is 0. The Morgan fingerprint density at radius 1 is 0.812 bits per heavy atom. The maximum absolute atomic E-state index is 9.71. The number of hydrogen-bond donors (Lipinski definition) is 2. The van der Waals surface area contributed by atoms with Crippen molar-refractivity contribution in [3.63, 3.8) is 0 Å². The molecule has 0 aromatic heterocycles. The molecular weight excluding hydrogens is 247 g/mol. The molecule has 0 atom stereocenters. The first-order valence-corrected chi connectivity index (χ1v) is 5.32. The summed E-state index contributed by atoms with van der Waals surface area (Å²) in [5.74, 6) is -0.389. The molecule has 0 saturated carbocycles. The van der Waals surface area contributed by atoms with Crippen LogP contribution in [0.5, 0.6) is 11.5 Å². The van der Waals surface area contributed by atoms with E-state index in [1.54, 1.807) is 30.3 Å². The van der Waals surface area contributed by atoms with Crippen molar-refractivity contribution in [3.8, 4) is 22.6 Å². The van der Waals surface area contributed by atoms with Crippen molar-refractivity contribution in [1.29, 1.82) is 0 Å². The highest BCUT2D eigenvalue weighted by Gasteiger charge is 2.12. The quantitative estimate of drug-likeness (QED) is 0.754. The Kier molecular flexibility index (Phi) is 2.95. The molecule has 0 aliphatic rings. The molecule has 0 heterocycles. The zero-order valence-corrected chi connectivity index (χ0v) is 9.63. The monoisotopic (exact) mass is 254 g/mol. The van der Waals surface area contributed by atoms with Gasteiger partial charge in [0, 0.05) is 11.1 Å². The van der Waals surface area contributed by atoms with Gasteiger partial charge in [-0.15, -0.1) is 0 Å². The first-order chi connectivity index (χ1) is 7.61. The first kappa shape index (κ1) is 11.1. The third-order valence-electron chi connectivity index (χ3n) is 2.26. The molecule has 0 saturated heterocycles. The van der Waals surface area contributed by atoms with Gasteiger partial charge in [-0.2, -0.15) is 0 Å². The van der Waals surface area contributed by atoms with E-state index in [2.05, 4.69) is 0 Å². The molecule has 0 bridgehead atoms. The van der Waals surface area contributed by atoms with E-state index in [1.165, 1.54) is 6.07 Å². The average Bonchev–Trinajstić information content (AvgIpc) is 2.27. The fraction of sp³-hybridized carbons (Fsp3) is 0. The van der Waals surface area contributed by atoms with Gasteiger partial charge in [-0.25, -0.2) is 0 Å². The van der Waals surface area contributed by atoms with Crippen molar-refractivity contribution >= 4 is 23.2 Å². The number of benzene rings is 2. The topological polar surface area (TPSA) is 40.5 Å². The van der Waals surface area contributed by atoms with Crippen LogP contribution in [0.2, 0.25) is 10.0 Å². The van der Waals surface area contributed by atoms with Gasteiger partial charge >= 0.3 is 0 Å². The van der Waals surface area contributed by atoms with E-state index in [9.17, 15) is 10.2 Å². The molecule has 4 heteroatoms. The fourth-order valence-corrected chi connectivity index (χ4v) is 1.86. The summed E-state index contributed by atoms with van der Waals surface area (Å²) in [6.45, 7) is 0. The zero-order chi connectivity index (χ0) is 11.7. The lowest BCUT2D eigenvalue weighted by Gasteiger charge is -2.08. The van der Waals surface area contributed by atoms with Crippen LogP contribution in [0.15, 0.2) is 36.4 Å². The molecule has 16 heavy (non-hydrogen) atoms. The third-order valence-corrected chi connectivity index (χ3v) is 3.08. The third kappa shape index (κ3) is 1.82. The molecule has 0 radical (unpaired) electrons. The molecule has 82 valence electrons. The molecular formula is C12H8Cl2O2. The Bertz CT molecular complexity index is 489. The van der Waals surface area contributed by atoms with Gasteiger partial charge in [0.15, 0.2) is 11.5 Å². The lowest BCUT2D eigenvalue weighted by atomic mass is 10.0. The van der Waals surface area contributed by atoms with E-state index in [-0.39, 0.29) is 11.5 Å². The fourth-order valence-electron chi connectivity index (χ4n) is 1.46. The minimum absolute atomic E-state index is 0.187. The Labute approximate surface area is 103 Å². The van der Waals surface area contributed by atoms with Gasteiger partial charge in [0.2, 0.25) is 0 Å². The van der Waals surface area contributed by atoms with Crippen LogP contribution < -0.4 is 0 Å². The first-order valence-electron chi connectivity index (χ1n) is 4.56. The van der Waals surface area contributed by atoms with Crippen molar-refractivity contribution in [3.05, 3.63) is 46.4 Å². The number of phenols is 2. The number of rotatable bonds is 1. The minimum atomic E-state index is -0.202. The molecule has 0 fully saturated rings. The second-order valence-corrected chi connectivity index (χ2v) is 4.06. The second-order valence-electron chi connectivity index (χ2n) is 3.27. The van der Waals surface area contributed by atoms with Crippen LogP contribution in [0, 0.1) is 0 Å². The summed E-state index contributed by atoms with van der Waals surface area (Å²) in [6.07, 6.45) is 0. The van der Waals surface area contributed by atoms with Crippen molar-refractivity contribution in [2.45, 2.75) is 0 Å². The summed E-state index contributed by atoms with van der Waals surface area (Å²) >= 11 is 11.9. The number of hydrogen-bond acceptors (Lipinski definition) is 2. The van der Waals surface area contributed by atoms with Gasteiger partial charge in [-0.1, -0.05) is 47.5 Å². The van der Waals surface area contributed by atoms with Crippen LogP contribution in [0.3, 0.4) is 0 Å². The molecule has 2 nitrogen and oxygen atoms in total. The maximum atomic E-state index is 9.71. The van der Waals surface area contributed by atoms with E-state index in [0.29, 0.717) is 21.2 Å². The van der Waals surface area contributed by atoms with Gasteiger partial charge < -0.3 is 10.2 Å². The largest absolute Gasteiger partial charge is 0.504 e. The van der Waals surface area contributed by atoms with E-state index < -0.39 is 0 Å². The average molecular weight is 255 g/mol. The van der Waals surface area contributed by atoms with E-state index in [4.69, 9.17) is 23.2 Å². The van der Waals surface area contributed by atoms with Crippen LogP contribution >= 0.6 is 23.2 Å². The molecule has 0 aliphatic heterocycles. The van der Waals surface area contributed by atoms with Crippen LogP contribution in [0.1, 0.15) is 0 Å². The Morgan fingerprint density at radius 3 is 2.19 bits per heavy atom. The van der Waals surface area contributed by atoms with Crippen LogP contribution in [-0.2, 0) is 0 Å². The van der Waals surface area contributed by atoms with Gasteiger partial charge in [-0.05, 0) is 12.1 Å². The van der Waals surface area contributed by atoms with Crippen molar-refractivity contribution < 1.29 is 10.2 Å². The van der Waals surface area contributed by atoms with Crippen LogP contribution in [0.4, 0.5) is 0 Å². The molecule has 0 aliphatic carbocycles. The summed E-state index contributed by atoms with van der Waals surface area (Å²) in [5, 5.41) is 19.9. The summed E-state index contributed by atoms with van der Waals surface area (Å²) in [7, 11) is 0. The Balaban J connectivity index is 2.68. The standard InChI is InChI=1S/C12H8Cl2O2/c13-9-5-1-3-7(11(9)14)8-4-2-6-10(15)12(8)16/h1-6,15-16H. The van der Waals surface area contributed by atoms with Crippen molar-refractivity contribution in [2.24, 2.45) is 0 Å². The normalized spacial score (nSPS) is 10.4. The summed E-state index contributed by atoms with van der Waals surface area (Å²) < 4.78 is 0. The molecule has 2 aromatic carbocycles. The van der Waals surface area contributed by atoms with Gasteiger partial charge in [-0.3, -0.25) is 0 Å². The Hall–Kier alpha value is -1.38. The molecule has 2 aromatic rings. The molecule has 2 rings (SSSR count). The smallest absolute Gasteiger partial charge is 0.165 e. The van der Waals surface area contributed by atoms with Crippen LogP contribution in [-0.4, -0.2) is 10.2 Å². The summed E-state index contributed by atoms with van der Waals surface area (Å²) in [5.41, 5.74) is 1.04. The molecule has 0 amide bonds. The highest BCUT2D eigenvalue weighted by atomic mass is 35.5. The number of phenolic OH excluding ortho intramolecular Hbond substituents is 2. The predicted octanol–water partition coefficient (Wildman–Crippen LogP) is 4.07. The molecule has 0 spiro atoms.